The van der Waals surface area contributed by atoms with E-state index < -0.39 is 5.41 Å². The molecular weight excluding hydrogens is 156 g/mol. The first kappa shape index (κ1) is 8.84. The molecule has 3 nitrogen and oxygen atoms in total. The van der Waals surface area contributed by atoms with Crippen molar-refractivity contribution in [3.05, 3.63) is 18.6 Å². The van der Waals surface area contributed by atoms with Gasteiger partial charge in [0, 0.05) is 6.07 Å². The zero-order chi connectivity index (χ0) is 9.19. The van der Waals surface area contributed by atoms with Crippen LogP contribution in [0.15, 0.2) is 23.0 Å². The van der Waals surface area contributed by atoms with Crippen LogP contribution in [0.1, 0.15) is 20.8 Å². The van der Waals surface area contributed by atoms with Crippen LogP contribution in [0.2, 0.25) is 0 Å². The third-order valence-electron chi connectivity index (χ3n) is 1.32. The van der Waals surface area contributed by atoms with Crippen molar-refractivity contribution in [1.82, 2.24) is 0 Å². The minimum Gasteiger partial charge on any atom is -0.469 e. The highest BCUT2D eigenvalue weighted by Gasteiger charge is 2.23. The van der Waals surface area contributed by atoms with Gasteiger partial charge in [-0.2, -0.15) is 0 Å². The van der Waals surface area contributed by atoms with Crippen LogP contribution in [-0.2, 0) is 4.79 Å². The lowest BCUT2D eigenvalue weighted by Gasteiger charge is -2.14. The van der Waals surface area contributed by atoms with E-state index in [1.165, 1.54) is 12.5 Å². The van der Waals surface area contributed by atoms with Crippen LogP contribution in [0, 0.1) is 5.41 Å². The Morgan fingerprint density at radius 1 is 1.50 bits per heavy atom. The highest BCUT2D eigenvalue weighted by Crippen LogP contribution is 2.19. The van der Waals surface area contributed by atoms with E-state index in [2.05, 4.69) is 0 Å². The Morgan fingerprint density at radius 2 is 2.17 bits per heavy atom. The fourth-order valence-electron chi connectivity index (χ4n) is 0.570. The fourth-order valence-corrected chi connectivity index (χ4v) is 0.570. The van der Waals surface area contributed by atoms with Gasteiger partial charge in [-0.3, -0.25) is 4.79 Å². The highest BCUT2D eigenvalue weighted by atomic mass is 16.5. The summed E-state index contributed by atoms with van der Waals surface area (Å²) in [5.74, 6) is 0.193. The Labute approximate surface area is 71.3 Å². The molecule has 0 aliphatic heterocycles. The SMILES string of the molecule is CC(C)(C)C(=O)Oc1ccoc1. The number of carbonyl (C=O) groups is 1. The second-order valence-corrected chi connectivity index (χ2v) is 3.60. The number of rotatable bonds is 1. The molecule has 0 radical (unpaired) electrons. The first-order valence-electron chi connectivity index (χ1n) is 3.74. The molecule has 0 bridgehead atoms. The number of carbonyl (C=O) groups excluding carboxylic acids is 1. The van der Waals surface area contributed by atoms with Gasteiger partial charge in [-0.15, -0.1) is 0 Å². The average Bonchev–Trinajstić information content (AvgIpc) is 2.37. The maximum atomic E-state index is 11.3. The number of esters is 1. The van der Waals surface area contributed by atoms with Gasteiger partial charge in [0.2, 0.25) is 0 Å². The molecule has 0 aliphatic carbocycles. The quantitative estimate of drug-likeness (QED) is 0.603. The average molecular weight is 168 g/mol. The number of furan rings is 1. The summed E-state index contributed by atoms with van der Waals surface area (Å²) in [6.07, 6.45) is 2.86. The molecule has 1 heterocycles. The van der Waals surface area contributed by atoms with E-state index in [-0.39, 0.29) is 5.97 Å². The number of ether oxygens (including phenoxy) is 1. The predicted molar refractivity (Wildman–Crippen MR) is 43.8 cm³/mol. The first-order chi connectivity index (χ1) is 5.50. The van der Waals surface area contributed by atoms with E-state index in [0.29, 0.717) is 5.75 Å². The predicted octanol–water partition coefficient (Wildman–Crippen LogP) is 2.23. The third-order valence-corrected chi connectivity index (χ3v) is 1.32. The zero-order valence-corrected chi connectivity index (χ0v) is 7.46. The molecule has 1 rings (SSSR count). The second kappa shape index (κ2) is 3.01. The molecule has 12 heavy (non-hydrogen) atoms. The van der Waals surface area contributed by atoms with E-state index in [9.17, 15) is 4.79 Å². The minimum absolute atomic E-state index is 0.260. The molecule has 0 spiro atoms. The largest absolute Gasteiger partial charge is 0.469 e. The Morgan fingerprint density at radius 3 is 2.58 bits per heavy atom. The van der Waals surface area contributed by atoms with Crippen LogP contribution in [0.4, 0.5) is 0 Å². The highest BCUT2D eigenvalue weighted by molar-refractivity contribution is 5.77. The zero-order valence-electron chi connectivity index (χ0n) is 7.46. The van der Waals surface area contributed by atoms with Crippen molar-refractivity contribution in [3.8, 4) is 5.75 Å². The summed E-state index contributed by atoms with van der Waals surface area (Å²) < 4.78 is 9.74. The lowest BCUT2D eigenvalue weighted by atomic mass is 9.97. The molecule has 66 valence electrons. The molecule has 1 aromatic heterocycles. The van der Waals surface area contributed by atoms with Gasteiger partial charge in [-0.05, 0) is 20.8 Å². The summed E-state index contributed by atoms with van der Waals surface area (Å²) in [4.78, 5) is 11.3. The molecule has 0 unspecified atom stereocenters. The van der Waals surface area contributed by atoms with Crippen molar-refractivity contribution in [2.75, 3.05) is 0 Å². The molecule has 0 saturated heterocycles. The van der Waals surface area contributed by atoms with Crippen LogP contribution in [-0.4, -0.2) is 5.97 Å². The van der Waals surface area contributed by atoms with Gasteiger partial charge in [0.25, 0.3) is 0 Å². The van der Waals surface area contributed by atoms with Crippen molar-refractivity contribution in [2.24, 2.45) is 5.41 Å². The van der Waals surface area contributed by atoms with Gasteiger partial charge in [0.1, 0.15) is 6.26 Å². The van der Waals surface area contributed by atoms with E-state index in [4.69, 9.17) is 9.15 Å². The summed E-state index contributed by atoms with van der Waals surface area (Å²) in [6.45, 7) is 5.40. The van der Waals surface area contributed by atoms with E-state index >= 15 is 0 Å². The summed E-state index contributed by atoms with van der Waals surface area (Å²) in [6, 6.07) is 1.60. The Balaban J connectivity index is 2.60. The van der Waals surface area contributed by atoms with Gasteiger partial charge >= 0.3 is 5.97 Å². The molecular formula is C9H12O3. The van der Waals surface area contributed by atoms with Crippen LogP contribution >= 0.6 is 0 Å². The number of hydrogen-bond acceptors (Lipinski definition) is 3. The third kappa shape index (κ3) is 2.12. The minimum atomic E-state index is -0.475. The van der Waals surface area contributed by atoms with E-state index in [0.717, 1.165) is 0 Å². The molecule has 0 fully saturated rings. The summed E-state index contributed by atoms with van der Waals surface area (Å²) in [5.41, 5.74) is -0.475. The van der Waals surface area contributed by atoms with Gasteiger partial charge in [0.05, 0.1) is 11.7 Å². The summed E-state index contributed by atoms with van der Waals surface area (Å²) >= 11 is 0. The monoisotopic (exact) mass is 168 g/mol. The van der Waals surface area contributed by atoms with E-state index in [1.807, 2.05) is 0 Å². The molecule has 0 aliphatic rings. The van der Waals surface area contributed by atoms with Crippen LogP contribution in [0.3, 0.4) is 0 Å². The fraction of sp³-hybridized carbons (Fsp3) is 0.444. The second-order valence-electron chi connectivity index (χ2n) is 3.60. The van der Waals surface area contributed by atoms with Gasteiger partial charge in [-0.1, -0.05) is 0 Å². The van der Waals surface area contributed by atoms with Crippen LogP contribution in [0.5, 0.6) is 5.75 Å². The van der Waals surface area contributed by atoms with E-state index in [1.54, 1.807) is 26.8 Å². The lowest BCUT2D eigenvalue weighted by molar-refractivity contribution is -0.143. The molecule has 3 heteroatoms. The normalized spacial score (nSPS) is 11.2. The molecule has 1 aromatic rings. The van der Waals surface area contributed by atoms with Crippen LogP contribution in [0.25, 0.3) is 0 Å². The summed E-state index contributed by atoms with van der Waals surface area (Å²) in [7, 11) is 0. The Kier molecular flexibility index (Phi) is 2.22. The van der Waals surface area contributed by atoms with Crippen molar-refractivity contribution >= 4 is 5.97 Å². The summed E-state index contributed by atoms with van der Waals surface area (Å²) in [5, 5.41) is 0. The Bertz CT molecular complexity index is 254. The first-order valence-corrected chi connectivity index (χ1v) is 3.74. The standard InChI is InChI=1S/C9H12O3/c1-9(2,3)8(10)12-7-4-5-11-6-7/h4-6H,1-3H3. The molecule has 0 aromatic carbocycles. The van der Waals surface area contributed by atoms with Gasteiger partial charge in [0.15, 0.2) is 5.75 Å². The topological polar surface area (TPSA) is 39.4 Å². The Hall–Kier alpha value is -1.25. The van der Waals surface area contributed by atoms with Crippen molar-refractivity contribution < 1.29 is 13.9 Å². The smallest absolute Gasteiger partial charge is 0.316 e. The van der Waals surface area contributed by atoms with Crippen molar-refractivity contribution in [2.45, 2.75) is 20.8 Å². The molecule has 0 N–H and O–H groups in total. The van der Waals surface area contributed by atoms with Crippen molar-refractivity contribution in [3.63, 3.8) is 0 Å². The van der Waals surface area contributed by atoms with Gasteiger partial charge < -0.3 is 9.15 Å². The van der Waals surface area contributed by atoms with Crippen LogP contribution < -0.4 is 4.74 Å². The lowest BCUT2D eigenvalue weighted by Crippen LogP contribution is -2.25. The molecule has 0 atom stereocenters. The maximum absolute atomic E-state index is 11.3. The van der Waals surface area contributed by atoms with Crippen molar-refractivity contribution in [1.29, 1.82) is 0 Å². The molecule has 0 saturated carbocycles. The number of hydrogen-bond donors (Lipinski definition) is 0. The molecule has 0 amide bonds. The maximum Gasteiger partial charge on any atom is 0.316 e. The van der Waals surface area contributed by atoms with Gasteiger partial charge in [-0.25, -0.2) is 0 Å².